The quantitative estimate of drug-likeness (QED) is 0.234. The number of rotatable bonds is 10. The number of anilines is 1. The number of nitrogens with one attached hydrogen (secondary N) is 1. The molecule has 7 nitrogen and oxygen atoms in total. The van der Waals surface area contributed by atoms with Gasteiger partial charge in [0.2, 0.25) is 11.8 Å². The minimum atomic E-state index is -4.82. The van der Waals surface area contributed by atoms with E-state index in [0.29, 0.717) is 15.9 Å². The van der Waals surface area contributed by atoms with E-state index in [1.807, 2.05) is 0 Å². The predicted molar refractivity (Wildman–Crippen MR) is 169 cm³/mol. The van der Waals surface area contributed by atoms with Crippen molar-refractivity contribution in [3.05, 3.63) is 92.9 Å². The van der Waals surface area contributed by atoms with Crippen molar-refractivity contribution in [1.29, 1.82) is 0 Å². The first-order valence-electron chi connectivity index (χ1n) is 14.2. The van der Waals surface area contributed by atoms with Gasteiger partial charge in [-0.3, -0.25) is 13.9 Å². The molecular formula is C31H31Cl3F3N3O4S. The van der Waals surface area contributed by atoms with Crippen molar-refractivity contribution < 1.29 is 31.2 Å². The molecule has 1 aliphatic carbocycles. The number of carbonyl (C=O) groups is 2. The molecule has 0 aromatic heterocycles. The Bertz CT molecular complexity index is 1640. The Hall–Kier alpha value is -2.99. The molecular weight excluding hydrogens is 674 g/mol. The minimum absolute atomic E-state index is 0.0745. The van der Waals surface area contributed by atoms with Crippen molar-refractivity contribution in [2.75, 3.05) is 10.8 Å². The summed E-state index contributed by atoms with van der Waals surface area (Å²) in [6, 6.07) is 12.6. The monoisotopic (exact) mass is 703 g/mol. The van der Waals surface area contributed by atoms with Crippen molar-refractivity contribution in [1.82, 2.24) is 10.2 Å². The number of nitrogens with zero attached hydrogens (tertiary/aromatic N) is 2. The standard InChI is InChI=1S/C31H31Cl3F3N3O4S/c1-20(30(42)38-23-8-4-2-5-9-23)39(18-21-12-14-25(32)27(34)16-21)29(41)19-40(45(43,44)24-10-6-3-7-11-24)28-17-22(31(35,36)37)13-15-26(28)33/h3,6-7,10-17,20,23H,2,4-5,8-9,18-19H2,1H3,(H,38,42). The largest absolute Gasteiger partial charge is 0.416 e. The average molecular weight is 705 g/mol. The van der Waals surface area contributed by atoms with Crippen LogP contribution in [0.4, 0.5) is 18.9 Å². The van der Waals surface area contributed by atoms with Gasteiger partial charge in [-0.2, -0.15) is 13.2 Å². The first-order chi connectivity index (χ1) is 21.2. The number of amides is 2. The van der Waals surface area contributed by atoms with Crippen LogP contribution in [0, 0.1) is 0 Å². The van der Waals surface area contributed by atoms with E-state index >= 15 is 0 Å². The Balaban J connectivity index is 1.76. The van der Waals surface area contributed by atoms with Crippen LogP contribution in [0.2, 0.25) is 15.1 Å². The Morgan fingerprint density at radius 3 is 2.18 bits per heavy atom. The van der Waals surface area contributed by atoms with Crippen LogP contribution in [0.25, 0.3) is 0 Å². The molecule has 0 bridgehead atoms. The number of hydrogen-bond acceptors (Lipinski definition) is 4. The molecule has 0 saturated heterocycles. The molecule has 4 rings (SSSR count). The summed E-state index contributed by atoms with van der Waals surface area (Å²) in [5.74, 6) is -1.31. The van der Waals surface area contributed by atoms with Crippen LogP contribution in [-0.2, 0) is 32.3 Å². The highest BCUT2D eigenvalue weighted by Gasteiger charge is 2.36. The van der Waals surface area contributed by atoms with E-state index < -0.39 is 51.9 Å². The number of sulfonamides is 1. The maximum absolute atomic E-state index is 14.1. The molecule has 3 aromatic rings. The van der Waals surface area contributed by atoms with Crippen LogP contribution >= 0.6 is 34.8 Å². The van der Waals surface area contributed by atoms with Gasteiger partial charge in [0, 0.05) is 12.6 Å². The molecule has 1 aliphatic rings. The Labute approximate surface area is 275 Å². The van der Waals surface area contributed by atoms with E-state index in [0.717, 1.165) is 49.1 Å². The van der Waals surface area contributed by atoms with Crippen molar-refractivity contribution in [2.45, 2.75) is 68.7 Å². The van der Waals surface area contributed by atoms with Gasteiger partial charge in [0.25, 0.3) is 10.0 Å². The maximum Gasteiger partial charge on any atom is 0.416 e. The lowest BCUT2D eigenvalue weighted by Gasteiger charge is -2.33. The second kappa shape index (κ2) is 14.6. The fraction of sp³-hybridized carbons (Fsp3) is 0.355. The number of alkyl halides is 3. The summed E-state index contributed by atoms with van der Waals surface area (Å²) in [5.41, 5.74) is -1.21. The fourth-order valence-corrected chi connectivity index (χ4v) is 7.14. The predicted octanol–water partition coefficient (Wildman–Crippen LogP) is 7.73. The summed E-state index contributed by atoms with van der Waals surface area (Å²) in [4.78, 5) is 28.4. The maximum atomic E-state index is 14.1. The number of halogens is 6. The normalized spacial score (nSPS) is 14.9. The number of carbonyl (C=O) groups excluding carboxylic acids is 2. The molecule has 1 saturated carbocycles. The van der Waals surface area contributed by atoms with E-state index in [1.54, 1.807) is 12.1 Å². The van der Waals surface area contributed by atoms with Crippen molar-refractivity contribution in [3.63, 3.8) is 0 Å². The average Bonchev–Trinajstić information content (AvgIpc) is 3.00. The SMILES string of the molecule is CC(C(=O)NC1CCCCC1)N(Cc1ccc(Cl)c(Cl)c1)C(=O)CN(c1cc(C(F)(F)F)ccc1Cl)S(=O)(=O)c1ccccc1. The van der Waals surface area contributed by atoms with Crippen LogP contribution in [0.1, 0.15) is 50.2 Å². The van der Waals surface area contributed by atoms with Crippen LogP contribution in [0.5, 0.6) is 0 Å². The van der Waals surface area contributed by atoms with Gasteiger partial charge in [0.15, 0.2) is 0 Å². The molecule has 1 N–H and O–H groups in total. The summed E-state index contributed by atoms with van der Waals surface area (Å²) in [5, 5.41) is 3.12. The van der Waals surface area contributed by atoms with Gasteiger partial charge in [-0.25, -0.2) is 8.42 Å². The molecule has 14 heteroatoms. The molecule has 1 atom stereocenters. The Morgan fingerprint density at radius 1 is 0.911 bits per heavy atom. The smallest absolute Gasteiger partial charge is 0.352 e. The van der Waals surface area contributed by atoms with Crippen molar-refractivity contribution >= 4 is 62.3 Å². The number of hydrogen-bond donors (Lipinski definition) is 1. The number of benzene rings is 3. The molecule has 0 aliphatic heterocycles. The van der Waals surface area contributed by atoms with Gasteiger partial charge < -0.3 is 10.2 Å². The van der Waals surface area contributed by atoms with Gasteiger partial charge in [-0.05, 0) is 67.8 Å². The molecule has 1 unspecified atom stereocenters. The molecule has 1 fully saturated rings. The highest BCUT2D eigenvalue weighted by Crippen LogP contribution is 2.37. The summed E-state index contributed by atoms with van der Waals surface area (Å²) >= 11 is 18.6. The third-order valence-corrected chi connectivity index (χ3v) is 10.4. The first kappa shape index (κ1) is 34.9. The molecule has 0 spiro atoms. The van der Waals surface area contributed by atoms with Crippen LogP contribution < -0.4 is 9.62 Å². The second-order valence-corrected chi connectivity index (χ2v) is 13.9. The lowest BCUT2D eigenvalue weighted by Crippen LogP contribution is -2.53. The summed E-state index contributed by atoms with van der Waals surface area (Å²) in [7, 11) is -4.63. The molecule has 2 amide bonds. The highest BCUT2D eigenvalue weighted by atomic mass is 35.5. The van der Waals surface area contributed by atoms with Crippen LogP contribution in [0.15, 0.2) is 71.6 Å². The molecule has 0 heterocycles. The third-order valence-electron chi connectivity index (χ3n) is 7.61. The summed E-state index contributed by atoms with van der Waals surface area (Å²) in [6.45, 7) is 0.367. The third kappa shape index (κ3) is 8.64. The van der Waals surface area contributed by atoms with Gasteiger partial charge >= 0.3 is 6.18 Å². The van der Waals surface area contributed by atoms with Gasteiger partial charge in [-0.15, -0.1) is 0 Å². The zero-order chi connectivity index (χ0) is 32.9. The van der Waals surface area contributed by atoms with Crippen LogP contribution in [0.3, 0.4) is 0 Å². The Morgan fingerprint density at radius 2 is 1.56 bits per heavy atom. The summed E-state index contributed by atoms with van der Waals surface area (Å²) in [6.07, 6.45) is -0.276. The van der Waals surface area contributed by atoms with Crippen molar-refractivity contribution in [3.8, 4) is 0 Å². The minimum Gasteiger partial charge on any atom is -0.352 e. The van der Waals surface area contributed by atoms with Gasteiger partial charge in [0.05, 0.1) is 31.2 Å². The fourth-order valence-electron chi connectivity index (χ4n) is 5.10. The molecule has 0 radical (unpaired) electrons. The topological polar surface area (TPSA) is 86.8 Å². The van der Waals surface area contributed by atoms with Crippen LogP contribution in [-0.4, -0.2) is 43.8 Å². The second-order valence-electron chi connectivity index (χ2n) is 10.8. The van der Waals surface area contributed by atoms with E-state index in [1.165, 1.54) is 43.3 Å². The zero-order valence-electron chi connectivity index (χ0n) is 24.2. The molecule has 3 aromatic carbocycles. The van der Waals surface area contributed by atoms with E-state index in [2.05, 4.69) is 5.32 Å². The lowest BCUT2D eigenvalue weighted by molar-refractivity contribution is -0.139. The van der Waals surface area contributed by atoms with E-state index in [-0.39, 0.29) is 32.5 Å². The van der Waals surface area contributed by atoms with Gasteiger partial charge in [0.1, 0.15) is 12.6 Å². The molecule has 45 heavy (non-hydrogen) atoms. The first-order valence-corrected chi connectivity index (χ1v) is 16.7. The zero-order valence-corrected chi connectivity index (χ0v) is 27.2. The summed E-state index contributed by atoms with van der Waals surface area (Å²) < 4.78 is 69.5. The lowest BCUT2D eigenvalue weighted by atomic mass is 9.95. The van der Waals surface area contributed by atoms with Gasteiger partial charge in [-0.1, -0.05) is 78.3 Å². The van der Waals surface area contributed by atoms with E-state index in [4.69, 9.17) is 34.8 Å². The Kier molecular flexibility index (Phi) is 11.3. The molecule has 242 valence electrons. The van der Waals surface area contributed by atoms with Crippen molar-refractivity contribution in [2.24, 2.45) is 0 Å². The van der Waals surface area contributed by atoms with E-state index in [9.17, 15) is 31.2 Å². The highest BCUT2D eigenvalue weighted by molar-refractivity contribution is 7.92.